The van der Waals surface area contributed by atoms with Gasteiger partial charge in [-0.1, -0.05) is 24.0 Å². The number of benzene rings is 2. The molecule has 3 aromatic rings. The van der Waals surface area contributed by atoms with Crippen LogP contribution in [0, 0.1) is 11.8 Å². The Kier molecular flexibility index (Phi) is 6.25. The van der Waals surface area contributed by atoms with E-state index in [1.165, 1.54) is 12.4 Å². The van der Waals surface area contributed by atoms with Crippen LogP contribution in [0.25, 0.3) is 10.9 Å². The molecule has 1 saturated carbocycles. The Balaban J connectivity index is 1.49. The lowest BCUT2D eigenvalue weighted by molar-refractivity contribution is -0.131. The lowest BCUT2D eigenvalue weighted by Gasteiger charge is -2.24. The zero-order chi connectivity index (χ0) is 24.6. The van der Waals surface area contributed by atoms with Crippen molar-refractivity contribution in [2.75, 3.05) is 12.9 Å². The fourth-order valence-corrected chi connectivity index (χ4v) is 4.77. The van der Waals surface area contributed by atoms with Gasteiger partial charge < -0.3 is 5.11 Å². The maximum Gasteiger partial charge on any atom is 0.264 e. The molecule has 1 fully saturated rings. The van der Waals surface area contributed by atoms with Crippen LogP contribution < -0.4 is 5.48 Å². The second kappa shape index (κ2) is 8.87. The van der Waals surface area contributed by atoms with Crippen LogP contribution in [0.15, 0.2) is 48.7 Å². The number of rotatable bonds is 7. The van der Waals surface area contributed by atoms with Crippen LogP contribution in [0.1, 0.15) is 42.9 Å². The van der Waals surface area contributed by atoms with Gasteiger partial charge in [0.2, 0.25) is 0 Å². The molecule has 0 spiro atoms. The minimum atomic E-state index is -3.77. The van der Waals surface area contributed by atoms with Crippen molar-refractivity contribution in [3.05, 3.63) is 65.4 Å². The lowest BCUT2D eigenvalue weighted by Crippen LogP contribution is -2.49. The van der Waals surface area contributed by atoms with E-state index in [9.17, 15) is 18.3 Å². The molecule has 1 unspecified atom stereocenters. The highest BCUT2D eigenvalue weighted by Gasteiger charge is 2.44. The predicted octanol–water partition coefficient (Wildman–Crippen LogP) is 2.16. The predicted molar refractivity (Wildman–Crippen MR) is 128 cm³/mol. The van der Waals surface area contributed by atoms with Gasteiger partial charge in [-0.15, -0.1) is 0 Å². The van der Waals surface area contributed by atoms with Gasteiger partial charge in [0.05, 0.1) is 12.1 Å². The Bertz CT molecular complexity index is 1400. The standard InChI is InChI=1S/C25H27N3O5S/c1-24(23(30)27-31,34(2,32)33)13-14-28-16-20-15-19(7-10-22(20)26-28)4-3-18-5-8-21(9-6-18)25(17-29)11-12-25/h5-10,15-16,29,31H,11-14,17H2,1-2H3,(H,27,30). The first kappa shape index (κ1) is 24.0. The molecule has 0 radical (unpaired) electrons. The van der Waals surface area contributed by atoms with E-state index in [0.717, 1.165) is 46.7 Å². The molecule has 1 aliphatic rings. The number of amides is 1. The van der Waals surface area contributed by atoms with Crippen LogP contribution in [-0.4, -0.2) is 52.0 Å². The number of aryl methyl sites for hydroxylation is 1. The smallest absolute Gasteiger partial charge is 0.264 e. The van der Waals surface area contributed by atoms with Crippen molar-refractivity contribution in [1.82, 2.24) is 15.3 Å². The largest absolute Gasteiger partial charge is 0.395 e. The molecule has 0 saturated heterocycles. The number of aliphatic hydroxyl groups is 1. The van der Waals surface area contributed by atoms with E-state index in [1.54, 1.807) is 10.9 Å². The summed E-state index contributed by atoms with van der Waals surface area (Å²) < 4.78 is 24.1. The highest BCUT2D eigenvalue weighted by Crippen LogP contribution is 2.47. The Morgan fingerprint density at radius 3 is 2.41 bits per heavy atom. The van der Waals surface area contributed by atoms with E-state index < -0.39 is 20.5 Å². The number of fused-ring (bicyclic) bond motifs is 1. The number of carbonyl (C=O) groups is 1. The van der Waals surface area contributed by atoms with Gasteiger partial charge in [-0.2, -0.15) is 5.10 Å². The van der Waals surface area contributed by atoms with Gasteiger partial charge in [0.25, 0.3) is 5.91 Å². The van der Waals surface area contributed by atoms with Crippen molar-refractivity contribution in [2.24, 2.45) is 0 Å². The molecule has 178 valence electrons. The van der Waals surface area contributed by atoms with Crippen LogP contribution in [0.5, 0.6) is 0 Å². The molecule has 3 N–H and O–H groups in total. The van der Waals surface area contributed by atoms with Gasteiger partial charge in [-0.3, -0.25) is 14.7 Å². The second-order valence-electron chi connectivity index (χ2n) is 9.13. The normalized spacial score (nSPS) is 16.4. The van der Waals surface area contributed by atoms with Gasteiger partial charge in [0.1, 0.15) is 0 Å². The zero-order valence-electron chi connectivity index (χ0n) is 19.1. The molecule has 0 aliphatic heterocycles. The first-order valence-corrected chi connectivity index (χ1v) is 12.8. The summed E-state index contributed by atoms with van der Waals surface area (Å²) in [4.78, 5) is 12.0. The average molecular weight is 482 g/mol. The molecular formula is C25H27N3O5S. The molecule has 2 aromatic carbocycles. The quantitative estimate of drug-likeness (QED) is 0.270. The fourth-order valence-electron chi connectivity index (χ4n) is 3.92. The topological polar surface area (TPSA) is 122 Å². The molecule has 8 nitrogen and oxygen atoms in total. The maximum atomic E-state index is 12.1. The summed E-state index contributed by atoms with van der Waals surface area (Å²) in [6, 6.07) is 13.6. The first-order valence-electron chi connectivity index (χ1n) is 10.9. The van der Waals surface area contributed by atoms with E-state index in [4.69, 9.17) is 5.21 Å². The molecular weight excluding hydrogens is 454 g/mol. The monoisotopic (exact) mass is 481 g/mol. The van der Waals surface area contributed by atoms with Crippen LogP contribution in [0.3, 0.4) is 0 Å². The Morgan fingerprint density at radius 2 is 1.82 bits per heavy atom. The highest BCUT2D eigenvalue weighted by atomic mass is 32.2. The number of carbonyl (C=O) groups excluding carboxylic acids is 1. The first-order chi connectivity index (χ1) is 16.1. The lowest BCUT2D eigenvalue weighted by atomic mass is 9.96. The molecule has 1 aliphatic carbocycles. The van der Waals surface area contributed by atoms with Crippen LogP contribution >= 0.6 is 0 Å². The van der Waals surface area contributed by atoms with Crippen LogP contribution in [0.4, 0.5) is 0 Å². The van der Waals surface area contributed by atoms with Gasteiger partial charge in [0, 0.05) is 40.9 Å². The molecule has 0 bridgehead atoms. The average Bonchev–Trinajstić information content (AvgIpc) is 3.52. The third kappa shape index (κ3) is 4.57. The van der Waals surface area contributed by atoms with E-state index >= 15 is 0 Å². The Labute approximate surface area is 198 Å². The fraction of sp³-hybridized carbons (Fsp3) is 0.360. The van der Waals surface area contributed by atoms with Crippen molar-refractivity contribution in [3.63, 3.8) is 0 Å². The van der Waals surface area contributed by atoms with Crippen LogP contribution in [0.2, 0.25) is 0 Å². The molecule has 34 heavy (non-hydrogen) atoms. The van der Waals surface area contributed by atoms with Crippen molar-refractivity contribution >= 4 is 26.6 Å². The molecule has 9 heteroatoms. The maximum absolute atomic E-state index is 12.1. The van der Waals surface area contributed by atoms with E-state index in [0.29, 0.717) is 0 Å². The van der Waals surface area contributed by atoms with E-state index in [1.807, 2.05) is 42.5 Å². The molecule has 4 rings (SSSR count). The van der Waals surface area contributed by atoms with Gasteiger partial charge in [-0.25, -0.2) is 13.9 Å². The number of nitrogens with one attached hydrogen (secondary N) is 1. The summed E-state index contributed by atoms with van der Waals surface area (Å²) >= 11 is 0. The zero-order valence-corrected chi connectivity index (χ0v) is 19.9. The van der Waals surface area contributed by atoms with Crippen LogP contribution in [-0.2, 0) is 26.6 Å². The van der Waals surface area contributed by atoms with Gasteiger partial charge in [0.15, 0.2) is 14.6 Å². The number of aliphatic hydroxyl groups excluding tert-OH is 1. The number of hydrogen-bond donors (Lipinski definition) is 3. The third-order valence-electron chi connectivity index (χ3n) is 6.77. The number of nitrogens with zero attached hydrogens (tertiary/aromatic N) is 2. The van der Waals surface area contributed by atoms with Crippen molar-refractivity contribution in [3.8, 4) is 11.8 Å². The molecule has 1 amide bonds. The summed E-state index contributed by atoms with van der Waals surface area (Å²) in [6.45, 7) is 1.63. The number of aromatic nitrogens is 2. The Hall–Kier alpha value is -3.19. The summed E-state index contributed by atoms with van der Waals surface area (Å²) in [6.07, 6.45) is 4.73. The highest BCUT2D eigenvalue weighted by molar-refractivity contribution is 7.92. The van der Waals surface area contributed by atoms with Crippen molar-refractivity contribution < 1.29 is 23.5 Å². The SMILES string of the molecule is CC(CCn1cc2cc(C#Cc3ccc(C4(CO)CC4)cc3)ccc2n1)(C(=O)NO)S(C)(=O)=O. The summed E-state index contributed by atoms with van der Waals surface area (Å²) in [7, 11) is -3.77. The minimum Gasteiger partial charge on any atom is -0.395 e. The van der Waals surface area contributed by atoms with Gasteiger partial charge >= 0.3 is 0 Å². The summed E-state index contributed by atoms with van der Waals surface area (Å²) in [5.41, 5.74) is 4.96. The van der Waals surface area contributed by atoms with Gasteiger partial charge in [-0.05, 0) is 62.1 Å². The molecule has 1 atom stereocenters. The number of hydrogen-bond acceptors (Lipinski definition) is 6. The minimum absolute atomic E-state index is 0.0492. The summed E-state index contributed by atoms with van der Waals surface area (Å²) in [5.74, 6) is 5.34. The van der Waals surface area contributed by atoms with E-state index in [-0.39, 0.29) is 25.0 Å². The second-order valence-corrected chi connectivity index (χ2v) is 11.6. The van der Waals surface area contributed by atoms with E-state index in [2.05, 4.69) is 16.9 Å². The van der Waals surface area contributed by atoms with Crippen molar-refractivity contribution in [1.29, 1.82) is 0 Å². The number of hydroxylamine groups is 1. The summed E-state index contributed by atoms with van der Waals surface area (Å²) in [5, 5.41) is 23.8. The van der Waals surface area contributed by atoms with Crippen molar-refractivity contribution in [2.45, 2.75) is 42.9 Å². The molecule has 1 aromatic heterocycles. The third-order valence-corrected chi connectivity index (χ3v) is 8.80. The molecule has 1 heterocycles. The Morgan fingerprint density at radius 1 is 1.18 bits per heavy atom. The number of sulfone groups is 1.